The van der Waals surface area contributed by atoms with Crippen LogP contribution in [0.4, 0.5) is 0 Å². The monoisotopic (exact) mass is 261 g/mol. The highest BCUT2D eigenvalue weighted by Gasteiger charge is 2.43. The van der Waals surface area contributed by atoms with Crippen LogP contribution in [0.3, 0.4) is 0 Å². The number of morpholine rings is 1. The van der Waals surface area contributed by atoms with Crippen LogP contribution in [-0.2, 0) is 9.53 Å². The Morgan fingerprint density at radius 3 is 3.05 bits per heavy atom. The minimum atomic E-state index is -0.0803. The van der Waals surface area contributed by atoms with Gasteiger partial charge in [-0.1, -0.05) is 0 Å². The summed E-state index contributed by atoms with van der Waals surface area (Å²) in [5, 5.41) is 0. The zero-order valence-corrected chi connectivity index (χ0v) is 10.7. The predicted octanol–water partition coefficient (Wildman–Crippen LogP) is -0.237. The first-order valence-corrected chi connectivity index (χ1v) is 6.23. The Bertz CT molecular complexity index is 505. The molecule has 1 aromatic rings. The normalized spacial score (nSPS) is 26.5. The van der Waals surface area contributed by atoms with Crippen molar-refractivity contribution >= 4 is 11.8 Å². The number of rotatable bonds is 1. The fourth-order valence-corrected chi connectivity index (χ4v) is 2.60. The van der Waals surface area contributed by atoms with E-state index in [9.17, 15) is 9.59 Å². The molecular formula is C13H15N3O3. The minimum Gasteiger partial charge on any atom is -0.364 e. The molecule has 6 heteroatoms. The summed E-state index contributed by atoms with van der Waals surface area (Å²) in [6, 6.07) is 3.44. The first-order chi connectivity index (χ1) is 9.16. The van der Waals surface area contributed by atoms with Gasteiger partial charge in [-0.05, 0) is 12.1 Å². The number of hydrogen-bond acceptors (Lipinski definition) is 4. The number of aromatic nitrogens is 1. The molecule has 0 aliphatic carbocycles. The molecule has 1 aromatic heterocycles. The number of fused-ring (bicyclic) bond motifs is 1. The molecule has 0 aromatic carbocycles. The second kappa shape index (κ2) is 4.62. The molecule has 2 saturated heterocycles. The SMILES string of the molecule is CN1C(=O)CO[C@@H]2CN(C(=O)c3cccnc3)C[C@H]21. The third-order valence-corrected chi connectivity index (χ3v) is 3.74. The highest BCUT2D eigenvalue weighted by Crippen LogP contribution is 2.23. The van der Waals surface area contributed by atoms with Gasteiger partial charge in [0.2, 0.25) is 5.91 Å². The summed E-state index contributed by atoms with van der Waals surface area (Å²) in [6.07, 6.45) is 3.11. The Hall–Kier alpha value is -1.95. The van der Waals surface area contributed by atoms with Crippen LogP contribution in [0.1, 0.15) is 10.4 Å². The first kappa shape index (κ1) is 12.1. The van der Waals surface area contributed by atoms with E-state index in [1.807, 2.05) is 0 Å². The van der Waals surface area contributed by atoms with Crippen molar-refractivity contribution < 1.29 is 14.3 Å². The van der Waals surface area contributed by atoms with Crippen LogP contribution < -0.4 is 0 Å². The van der Waals surface area contributed by atoms with Crippen molar-refractivity contribution in [1.82, 2.24) is 14.8 Å². The maximum absolute atomic E-state index is 12.3. The number of pyridine rings is 1. The van der Waals surface area contributed by atoms with Crippen LogP contribution >= 0.6 is 0 Å². The maximum Gasteiger partial charge on any atom is 0.255 e. The minimum absolute atomic E-state index is 0.0306. The zero-order valence-electron chi connectivity index (χ0n) is 10.7. The van der Waals surface area contributed by atoms with E-state index in [-0.39, 0.29) is 30.6 Å². The quantitative estimate of drug-likeness (QED) is 0.700. The molecule has 2 aliphatic rings. The Morgan fingerprint density at radius 1 is 1.47 bits per heavy atom. The van der Waals surface area contributed by atoms with Gasteiger partial charge in [-0.25, -0.2) is 0 Å². The number of carbonyl (C=O) groups is 2. The third kappa shape index (κ3) is 2.08. The lowest BCUT2D eigenvalue weighted by atomic mass is 10.1. The van der Waals surface area contributed by atoms with Crippen molar-refractivity contribution in [2.24, 2.45) is 0 Å². The average molecular weight is 261 g/mol. The molecule has 0 N–H and O–H groups in total. The molecule has 100 valence electrons. The van der Waals surface area contributed by atoms with Crippen molar-refractivity contribution in [3.8, 4) is 0 Å². The number of likely N-dealkylation sites (tertiary alicyclic amines) is 1. The van der Waals surface area contributed by atoms with E-state index in [0.717, 1.165) is 0 Å². The molecule has 3 heterocycles. The summed E-state index contributed by atoms with van der Waals surface area (Å²) in [4.78, 5) is 31.2. The Morgan fingerprint density at radius 2 is 2.32 bits per heavy atom. The standard InChI is InChI=1S/C13H15N3O3/c1-15-10-6-16(7-11(10)19-8-12(15)17)13(18)9-3-2-4-14-5-9/h2-5,10-11H,6-8H2,1H3/t10-,11-/m1/s1. The number of likely N-dealkylation sites (N-methyl/N-ethyl adjacent to an activating group) is 1. The number of ether oxygens (including phenoxy) is 1. The van der Waals surface area contributed by atoms with E-state index < -0.39 is 0 Å². The van der Waals surface area contributed by atoms with Gasteiger partial charge in [0, 0.05) is 32.5 Å². The van der Waals surface area contributed by atoms with Crippen LogP contribution in [0.25, 0.3) is 0 Å². The van der Waals surface area contributed by atoms with Crippen molar-refractivity contribution in [3.05, 3.63) is 30.1 Å². The van der Waals surface area contributed by atoms with Gasteiger partial charge in [-0.15, -0.1) is 0 Å². The van der Waals surface area contributed by atoms with Crippen LogP contribution in [0.15, 0.2) is 24.5 Å². The molecule has 0 bridgehead atoms. The molecule has 0 saturated carbocycles. The van der Waals surface area contributed by atoms with Gasteiger partial charge in [0.15, 0.2) is 0 Å². The summed E-state index contributed by atoms with van der Waals surface area (Å²) < 4.78 is 5.50. The molecule has 2 fully saturated rings. The molecule has 2 atom stereocenters. The van der Waals surface area contributed by atoms with Gasteiger partial charge in [-0.3, -0.25) is 14.6 Å². The van der Waals surface area contributed by atoms with Gasteiger partial charge in [0.25, 0.3) is 5.91 Å². The predicted molar refractivity (Wildman–Crippen MR) is 66.4 cm³/mol. The lowest BCUT2D eigenvalue weighted by Crippen LogP contribution is -2.51. The summed E-state index contributed by atoms with van der Waals surface area (Å²) >= 11 is 0. The van der Waals surface area contributed by atoms with E-state index >= 15 is 0 Å². The number of hydrogen-bond donors (Lipinski definition) is 0. The van der Waals surface area contributed by atoms with Gasteiger partial charge < -0.3 is 14.5 Å². The maximum atomic E-state index is 12.3. The highest BCUT2D eigenvalue weighted by atomic mass is 16.5. The van der Waals surface area contributed by atoms with Crippen molar-refractivity contribution in [1.29, 1.82) is 0 Å². The first-order valence-electron chi connectivity index (χ1n) is 6.23. The zero-order chi connectivity index (χ0) is 13.4. The summed E-state index contributed by atoms with van der Waals surface area (Å²) in [7, 11) is 1.76. The molecule has 6 nitrogen and oxygen atoms in total. The van der Waals surface area contributed by atoms with E-state index in [4.69, 9.17) is 4.74 Å². The number of amides is 2. The van der Waals surface area contributed by atoms with Gasteiger partial charge in [0.1, 0.15) is 6.61 Å². The van der Waals surface area contributed by atoms with Crippen LogP contribution in [0.5, 0.6) is 0 Å². The number of nitrogens with zero attached hydrogens (tertiary/aromatic N) is 3. The lowest BCUT2D eigenvalue weighted by molar-refractivity contribution is -0.150. The van der Waals surface area contributed by atoms with Crippen LogP contribution in [-0.4, -0.2) is 65.5 Å². The van der Waals surface area contributed by atoms with Crippen molar-refractivity contribution in [3.63, 3.8) is 0 Å². The summed E-state index contributed by atoms with van der Waals surface area (Å²) in [6.45, 7) is 1.14. The van der Waals surface area contributed by atoms with E-state index in [1.165, 1.54) is 0 Å². The lowest BCUT2D eigenvalue weighted by Gasteiger charge is -2.33. The smallest absolute Gasteiger partial charge is 0.255 e. The fourth-order valence-electron chi connectivity index (χ4n) is 2.60. The second-order valence-electron chi connectivity index (χ2n) is 4.87. The Labute approximate surface area is 111 Å². The largest absolute Gasteiger partial charge is 0.364 e. The molecule has 0 unspecified atom stereocenters. The van der Waals surface area contributed by atoms with E-state index in [0.29, 0.717) is 18.7 Å². The van der Waals surface area contributed by atoms with Crippen LogP contribution in [0, 0.1) is 0 Å². The molecule has 0 spiro atoms. The fraction of sp³-hybridized carbons (Fsp3) is 0.462. The number of carbonyl (C=O) groups excluding carboxylic acids is 2. The molecule has 2 aliphatic heterocycles. The van der Waals surface area contributed by atoms with Gasteiger partial charge in [-0.2, -0.15) is 0 Å². The Kier molecular flexibility index (Phi) is 2.94. The molecule has 0 radical (unpaired) electrons. The van der Waals surface area contributed by atoms with Crippen molar-refractivity contribution in [2.45, 2.75) is 12.1 Å². The molecule has 2 amide bonds. The van der Waals surface area contributed by atoms with Gasteiger partial charge >= 0.3 is 0 Å². The summed E-state index contributed by atoms with van der Waals surface area (Å²) in [5.74, 6) is -0.0936. The van der Waals surface area contributed by atoms with Crippen molar-refractivity contribution in [2.75, 3.05) is 26.7 Å². The third-order valence-electron chi connectivity index (χ3n) is 3.74. The van der Waals surface area contributed by atoms with E-state index in [2.05, 4.69) is 4.98 Å². The summed E-state index contributed by atoms with van der Waals surface area (Å²) in [5.41, 5.74) is 0.565. The van der Waals surface area contributed by atoms with Crippen LogP contribution in [0.2, 0.25) is 0 Å². The van der Waals surface area contributed by atoms with Gasteiger partial charge in [0.05, 0.1) is 17.7 Å². The molecule has 3 rings (SSSR count). The molecule has 19 heavy (non-hydrogen) atoms. The Balaban J connectivity index is 1.75. The highest BCUT2D eigenvalue weighted by molar-refractivity contribution is 5.94. The average Bonchev–Trinajstić information content (AvgIpc) is 2.88. The second-order valence-corrected chi connectivity index (χ2v) is 4.87. The topological polar surface area (TPSA) is 62.7 Å². The van der Waals surface area contributed by atoms with E-state index in [1.54, 1.807) is 41.4 Å². The molecular weight excluding hydrogens is 246 g/mol.